The van der Waals surface area contributed by atoms with Crippen molar-refractivity contribution >= 4 is 33.5 Å². The number of benzene rings is 1. The van der Waals surface area contributed by atoms with Crippen LogP contribution in [0.25, 0.3) is 10.9 Å². The van der Waals surface area contributed by atoms with Crippen molar-refractivity contribution in [2.24, 2.45) is 0 Å². The van der Waals surface area contributed by atoms with E-state index in [1.54, 1.807) is 22.6 Å². The second kappa shape index (κ2) is 4.54. The number of hydrogen-bond acceptors (Lipinski definition) is 3. The summed E-state index contributed by atoms with van der Waals surface area (Å²) < 4.78 is 28.4. The summed E-state index contributed by atoms with van der Waals surface area (Å²) in [6.45, 7) is -0.197. The average Bonchev–Trinajstić information content (AvgIpc) is 2.71. The third-order valence-corrected chi connectivity index (χ3v) is 3.36. The molecular weight excluding hydrogens is 343 g/mol. The number of hydrogen-bond donors (Lipinski definition) is 1. The smallest absolute Gasteiger partial charge is 0.185 e. The fourth-order valence-electron chi connectivity index (χ4n) is 1.60. The zero-order chi connectivity index (χ0) is 12.6. The SMILES string of the molecule is N#Cc1c(I)c(F)c(F)c2c1cnn2CCO. The zero-order valence-electron chi connectivity index (χ0n) is 8.41. The molecule has 1 aromatic heterocycles. The number of nitrogens with zero attached hydrogens (tertiary/aromatic N) is 3. The highest BCUT2D eigenvalue weighted by Crippen LogP contribution is 2.29. The molecule has 0 radical (unpaired) electrons. The Bertz CT molecular complexity index is 633. The molecule has 1 heterocycles. The van der Waals surface area contributed by atoms with Crippen molar-refractivity contribution in [2.75, 3.05) is 6.61 Å². The van der Waals surface area contributed by atoms with E-state index in [1.165, 1.54) is 6.20 Å². The molecule has 1 N–H and O–H groups in total. The molecule has 0 fully saturated rings. The molecule has 4 nitrogen and oxygen atoms in total. The summed E-state index contributed by atoms with van der Waals surface area (Å²) in [6, 6.07) is 1.83. The summed E-state index contributed by atoms with van der Waals surface area (Å²) >= 11 is 1.59. The first-order valence-electron chi connectivity index (χ1n) is 4.64. The maximum Gasteiger partial charge on any atom is 0.185 e. The van der Waals surface area contributed by atoms with E-state index in [1.807, 2.05) is 6.07 Å². The van der Waals surface area contributed by atoms with Gasteiger partial charge in [-0.1, -0.05) is 0 Å². The normalized spacial score (nSPS) is 10.8. The van der Waals surface area contributed by atoms with E-state index in [2.05, 4.69) is 5.10 Å². The van der Waals surface area contributed by atoms with Gasteiger partial charge in [-0.15, -0.1) is 0 Å². The summed E-state index contributed by atoms with van der Waals surface area (Å²) in [7, 11) is 0. The van der Waals surface area contributed by atoms with Gasteiger partial charge in [0.15, 0.2) is 11.6 Å². The van der Waals surface area contributed by atoms with Gasteiger partial charge in [-0.2, -0.15) is 10.4 Å². The van der Waals surface area contributed by atoms with Crippen LogP contribution in [0.15, 0.2) is 6.20 Å². The minimum Gasteiger partial charge on any atom is -0.394 e. The van der Waals surface area contributed by atoms with Crippen LogP contribution in [0.3, 0.4) is 0 Å². The lowest BCUT2D eigenvalue weighted by molar-refractivity contribution is 0.271. The largest absolute Gasteiger partial charge is 0.394 e. The van der Waals surface area contributed by atoms with Crippen LogP contribution in [0.4, 0.5) is 8.78 Å². The third kappa shape index (κ3) is 1.77. The lowest BCUT2D eigenvalue weighted by Gasteiger charge is -2.05. The Hall–Kier alpha value is -1.27. The van der Waals surface area contributed by atoms with E-state index in [4.69, 9.17) is 10.4 Å². The fourth-order valence-corrected chi connectivity index (χ4v) is 2.25. The number of fused-ring (bicyclic) bond motifs is 1. The lowest BCUT2D eigenvalue weighted by Crippen LogP contribution is -2.06. The molecule has 0 aliphatic carbocycles. The van der Waals surface area contributed by atoms with Crippen LogP contribution in [0, 0.1) is 26.5 Å². The molecular formula is C10H6F2IN3O. The van der Waals surface area contributed by atoms with Crippen molar-refractivity contribution < 1.29 is 13.9 Å². The Kier molecular flexibility index (Phi) is 3.26. The molecule has 0 unspecified atom stereocenters. The van der Waals surface area contributed by atoms with Crippen LogP contribution in [-0.4, -0.2) is 21.5 Å². The van der Waals surface area contributed by atoms with Gasteiger partial charge in [0, 0.05) is 5.39 Å². The van der Waals surface area contributed by atoms with Crippen LogP contribution in [0.1, 0.15) is 5.56 Å². The Labute approximate surface area is 109 Å². The molecule has 0 saturated carbocycles. The second-order valence-corrected chi connectivity index (χ2v) is 4.36. The predicted octanol–water partition coefficient (Wildman–Crippen LogP) is 1.78. The Morgan fingerprint density at radius 1 is 1.47 bits per heavy atom. The number of halogens is 3. The van der Waals surface area contributed by atoms with Crippen molar-refractivity contribution in [1.29, 1.82) is 5.26 Å². The zero-order valence-corrected chi connectivity index (χ0v) is 10.6. The standard InChI is InChI=1S/C10H6F2IN3O/c11-7-8(12)10-6(5(3-14)9(7)13)4-15-16(10)1-2-17/h4,17H,1-2H2. The average molecular weight is 349 g/mol. The molecule has 0 amide bonds. The highest BCUT2D eigenvalue weighted by atomic mass is 127. The maximum absolute atomic E-state index is 13.8. The van der Waals surface area contributed by atoms with Gasteiger partial charge in [0.1, 0.15) is 11.6 Å². The van der Waals surface area contributed by atoms with Gasteiger partial charge < -0.3 is 5.11 Å². The molecule has 2 aromatic rings. The van der Waals surface area contributed by atoms with Gasteiger partial charge in [0.2, 0.25) is 0 Å². The summed E-state index contributed by atoms with van der Waals surface area (Å²) in [6.07, 6.45) is 1.30. The first kappa shape index (κ1) is 12.2. The molecule has 0 bridgehead atoms. The molecule has 17 heavy (non-hydrogen) atoms. The third-order valence-electron chi connectivity index (χ3n) is 2.35. The Morgan fingerprint density at radius 2 is 2.18 bits per heavy atom. The Morgan fingerprint density at radius 3 is 2.76 bits per heavy atom. The first-order chi connectivity index (χ1) is 8.11. The molecule has 0 saturated heterocycles. The van der Waals surface area contributed by atoms with Crippen LogP contribution < -0.4 is 0 Å². The molecule has 7 heteroatoms. The minimum atomic E-state index is -1.06. The van der Waals surface area contributed by atoms with E-state index >= 15 is 0 Å². The summed E-state index contributed by atoms with van der Waals surface area (Å²) in [5.41, 5.74) is -0.0304. The van der Waals surface area contributed by atoms with E-state index in [9.17, 15) is 8.78 Å². The van der Waals surface area contributed by atoms with Crippen LogP contribution in [-0.2, 0) is 6.54 Å². The maximum atomic E-state index is 13.8. The topological polar surface area (TPSA) is 61.8 Å². The van der Waals surface area contributed by atoms with Crippen molar-refractivity contribution in [2.45, 2.75) is 6.54 Å². The minimum absolute atomic E-state index is 0.0469. The van der Waals surface area contributed by atoms with Crippen molar-refractivity contribution in [3.63, 3.8) is 0 Å². The van der Waals surface area contributed by atoms with Gasteiger partial charge in [0.25, 0.3) is 0 Å². The second-order valence-electron chi connectivity index (χ2n) is 3.28. The van der Waals surface area contributed by atoms with Crippen LogP contribution in [0.2, 0.25) is 0 Å². The molecule has 0 spiro atoms. The predicted molar refractivity (Wildman–Crippen MR) is 64.2 cm³/mol. The molecule has 88 valence electrons. The van der Waals surface area contributed by atoms with Gasteiger partial charge in [-0.25, -0.2) is 8.78 Å². The monoisotopic (exact) mass is 349 g/mol. The van der Waals surface area contributed by atoms with Crippen molar-refractivity contribution in [3.8, 4) is 6.07 Å². The van der Waals surface area contributed by atoms with Gasteiger partial charge >= 0.3 is 0 Å². The quantitative estimate of drug-likeness (QED) is 0.664. The number of aliphatic hydroxyl groups excluding tert-OH is 1. The van der Waals surface area contributed by atoms with Crippen molar-refractivity contribution in [1.82, 2.24) is 9.78 Å². The van der Waals surface area contributed by atoms with E-state index in [0.717, 1.165) is 4.68 Å². The van der Waals surface area contributed by atoms with Gasteiger partial charge in [0.05, 0.1) is 28.5 Å². The van der Waals surface area contributed by atoms with Gasteiger partial charge in [-0.05, 0) is 22.6 Å². The highest BCUT2D eigenvalue weighted by molar-refractivity contribution is 14.1. The summed E-state index contributed by atoms with van der Waals surface area (Å²) in [5, 5.41) is 21.8. The molecule has 0 aliphatic heterocycles. The van der Waals surface area contributed by atoms with Crippen LogP contribution >= 0.6 is 22.6 Å². The molecule has 0 aliphatic rings. The van der Waals surface area contributed by atoms with E-state index < -0.39 is 11.6 Å². The Balaban J connectivity index is 2.89. The lowest BCUT2D eigenvalue weighted by atomic mass is 10.1. The van der Waals surface area contributed by atoms with E-state index in [-0.39, 0.29) is 33.2 Å². The molecule has 2 rings (SSSR count). The summed E-state index contributed by atoms with van der Waals surface area (Å²) in [5.74, 6) is -2.11. The number of rotatable bonds is 2. The van der Waals surface area contributed by atoms with Gasteiger partial charge in [-0.3, -0.25) is 4.68 Å². The number of aliphatic hydroxyl groups is 1. The molecule has 1 aromatic carbocycles. The number of nitriles is 1. The fraction of sp³-hybridized carbons (Fsp3) is 0.200. The number of aromatic nitrogens is 2. The van der Waals surface area contributed by atoms with E-state index in [0.29, 0.717) is 0 Å². The molecule has 0 atom stereocenters. The van der Waals surface area contributed by atoms with Crippen molar-refractivity contribution in [3.05, 3.63) is 27.0 Å². The van der Waals surface area contributed by atoms with Crippen LogP contribution in [0.5, 0.6) is 0 Å². The summed E-state index contributed by atoms with van der Waals surface area (Å²) in [4.78, 5) is 0. The first-order valence-corrected chi connectivity index (χ1v) is 5.72. The highest BCUT2D eigenvalue weighted by Gasteiger charge is 2.21.